The number of esters is 1. The van der Waals surface area contributed by atoms with Crippen LogP contribution in [0.15, 0.2) is 91.0 Å². The van der Waals surface area contributed by atoms with E-state index in [4.69, 9.17) is 4.74 Å². The quantitative estimate of drug-likeness (QED) is 0.338. The van der Waals surface area contributed by atoms with Crippen LogP contribution in [-0.2, 0) is 29.1 Å². The Hall–Kier alpha value is -3.20. The third kappa shape index (κ3) is 8.83. The van der Waals surface area contributed by atoms with E-state index in [9.17, 15) is 23.1 Å². The van der Waals surface area contributed by atoms with Gasteiger partial charge in [-0.15, -0.1) is 0 Å². The molecule has 0 saturated carbocycles. The van der Waals surface area contributed by atoms with E-state index in [0.717, 1.165) is 11.1 Å². The van der Waals surface area contributed by atoms with Gasteiger partial charge in [-0.1, -0.05) is 91.0 Å². The Balaban J connectivity index is 1.64. The molecule has 5 nitrogen and oxygen atoms in total. The molecule has 8 heteroatoms. The maximum Gasteiger partial charge on any atom is 0.406 e. The van der Waals surface area contributed by atoms with Gasteiger partial charge in [-0.25, -0.2) is 0 Å². The van der Waals surface area contributed by atoms with E-state index in [-0.39, 0.29) is 19.6 Å². The molecule has 186 valence electrons. The summed E-state index contributed by atoms with van der Waals surface area (Å²) in [6.07, 6.45) is -6.30. The Morgan fingerprint density at radius 1 is 0.800 bits per heavy atom. The third-order valence-electron chi connectivity index (χ3n) is 5.47. The molecule has 3 rings (SSSR count). The van der Waals surface area contributed by atoms with E-state index in [1.807, 2.05) is 60.7 Å². The zero-order valence-electron chi connectivity index (χ0n) is 19.1. The summed E-state index contributed by atoms with van der Waals surface area (Å²) in [5.74, 6) is -0.606. The first-order chi connectivity index (χ1) is 16.8. The average Bonchev–Trinajstić information content (AvgIpc) is 2.86. The van der Waals surface area contributed by atoms with Crippen LogP contribution in [-0.4, -0.2) is 42.0 Å². The normalized spacial score (nSPS) is 14.2. The van der Waals surface area contributed by atoms with Crippen LogP contribution in [0.2, 0.25) is 0 Å². The summed E-state index contributed by atoms with van der Waals surface area (Å²) >= 11 is 0. The fourth-order valence-electron chi connectivity index (χ4n) is 3.59. The first-order valence-corrected chi connectivity index (χ1v) is 11.3. The number of hydrogen-bond donors (Lipinski definition) is 3. The van der Waals surface area contributed by atoms with Gasteiger partial charge in [0.05, 0.1) is 6.10 Å². The number of rotatable bonds is 12. The van der Waals surface area contributed by atoms with E-state index in [1.54, 1.807) is 30.3 Å². The highest BCUT2D eigenvalue weighted by Crippen LogP contribution is 2.23. The first kappa shape index (κ1) is 26.4. The summed E-state index contributed by atoms with van der Waals surface area (Å²) in [5, 5.41) is 15.6. The monoisotopic (exact) mass is 486 g/mol. The Bertz CT molecular complexity index is 1020. The summed E-state index contributed by atoms with van der Waals surface area (Å²) in [7, 11) is 0. The van der Waals surface area contributed by atoms with Gasteiger partial charge in [-0.2, -0.15) is 13.2 Å². The molecule has 0 fully saturated rings. The van der Waals surface area contributed by atoms with Crippen LogP contribution >= 0.6 is 0 Å². The second-order valence-electron chi connectivity index (χ2n) is 8.20. The summed E-state index contributed by atoms with van der Waals surface area (Å²) in [6.45, 7) is -0.475. The molecule has 0 spiro atoms. The molecule has 0 saturated heterocycles. The molecule has 0 aromatic heterocycles. The highest BCUT2D eigenvalue weighted by Gasteiger charge is 2.44. The van der Waals surface area contributed by atoms with Crippen molar-refractivity contribution in [1.29, 1.82) is 0 Å². The molecular weight excluding hydrogens is 457 g/mol. The molecule has 3 atom stereocenters. The van der Waals surface area contributed by atoms with Gasteiger partial charge in [0.2, 0.25) is 0 Å². The molecule has 3 N–H and O–H groups in total. The number of aliphatic hydroxyl groups excluding tert-OH is 1. The second kappa shape index (κ2) is 13.0. The van der Waals surface area contributed by atoms with E-state index < -0.39 is 36.9 Å². The predicted octanol–water partition coefficient (Wildman–Crippen LogP) is 4.01. The number of alkyl halides is 3. The van der Waals surface area contributed by atoms with Crippen LogP contribution in [0.1, 0.15) is 16.7 Å². The second-order valence-corrected chi connectivity index (χ2v) is 8.20. The smallest absolute Gasteiger partial charge is 0.406 e. The molecule has 0 aliphatic heterocycles. The molecule has 0 bridgehead atoms. The molecule has 3 aromatic rings. The number of carbonyl (C=O) groups excluding carboxylic acids is 1. The lowest BCUT2D eigenvalue weighted by Crippen LogP contribution is -2.55. The van der Waals surface area contributed by atoms with Gasteiger partial charge in [0.15, 0.2) is 0 Å². The van der Waals surface area contributed by atoms with Crippen molar-refractivity contribution in [3.05, 3.63) is 108 Å². The third-order valence-corrected chi connectivity index (χ3v) is 5.47. The summed E-state index contributed by atoms with van der Waals surface area (Å²) in [6, 6.07) is 23.7. The first-order valence-electron chi connectivity index (χ1n) is 11.3. The molecule has 0 amide bonds. The van der Waals surface area contributed by atoms with E-state index in [2.05, 4.69) is 10.6 Å². The lowest BCUT2D eigenvalue weighted by Gasteiger charge is -2.28. The van der Waals surface area contributed by atoms with Gasteiger partial charge in [0, 0.05) is 13.1 Å². The van der Waals surface area contributed by atoms with Gasteiger partial charge in [0.25, 0.3) is 0 Å². The van der Waals surface area contributed by atoms with Crippen LogP contribution in [0, 0.1) is 0 Å². The Morgan fingerprint density at radius 3 is 1.86 bits per heavy atom. The highest BCUT2D eigenvalue weighted by molar-refractivity contribution is 5.76. The SMILES string of the molecule is O=C(OCc1ccccc1)[C@H](Cc1ccccc1)NCC(O)C(NCc1ccccc1)C(F)(F)F. The molecule has 2 unspecified atom stereocenters. The Morgan fingerprint density at radius 2 is 1.31 bits per heavy atom. The van der Waals surface area contributed by atoms with E-state index in [0.29, 0.717) is 5.56 Å². The van der Waals surface area contributed by atoms with Crippen LogP contribution < -0.4 is 10.6 Å². The number of nitrogens with one attached hydrogen (secondary N) is 2. The van der Waals surface area contributed by atoms with Gasteiger partial charge < -0.3 is 15.2 Å². The Labute approximate surface area is 202 Å². The molecule has 35 heavy (non-hydrogen) atoms. The van der Waals surface area contributed by atoms with Crippen molar-refractivity contribution >= 4 is 5.97 Å². The van der Waals surface area contributed by atoms with Crippen LogP contribution in [0.4, 0.5) is 13.2 Å². The summed E-state index contributed by atoms with van der Waals surface area (Å²) in [5.41, 5.74) is 2.26. The minimum absolute atomic E-state index is 0.0407. The van der Waals surface area contributed by atoms with Crippen molar-refractivity contribution in [2.45, 2.75) is 43.9 Å². The van der Waals surface area contributed by atoms with Crippen molar-refractivity contribution in [2.75, 3.05) is 6.54 Å². The summed E-state index contributed by atoms with van der Waals surface area (Å²) < 4.78 is 46.4. The van der Waals surface area contributed by atoms with Gasteiger partial charge in [-0.05, 0) is 23.1 Å². The van der Waals surface area contributed by atoms with Crippen molar-refractivity contribution in [1.82, 2.24) is 10.6 Å². The number of ether oxygens (including phenoxy) is 1. The summed E-state index contributed by atoms with van der Waals surface area (Å²) in [4.78, 5) is 12.8. The number of halogens is 3. The van der Waals surface area contributed by atoms with Crippen molar-refractivity contribution in [3.63, 3.8) is 0 Å². The van der Waals surface area contributed by atoms with E-state index >= 15 is 0 Å². The zero-order valence-corrected chi connectivity index (χ0v) is 19.1. The zero-order chi connectivity index (χ0) is 25.1. The number of aliphatic hydroxyl groups is 1. The fraction of sp³-hybridized carbons (Fsp3) is 0.296. The molecule has 0 aliphatic rings. The molecule has 0 heterocycles. The molecule has 3 aromatic carbocycles. The van der Waals surface area contributed by atoms with Crippen molar-refractivity contribution < 1.29 is 27.8 Å². The molecule has 0 radical (unpaired) electrons. The maximum atomic E-state index is 13.7. The fourth-order valence-corrected chi connectivity index (χ4v) is 3.59. The number of hydrogen-bond acceptors (Lipinski definition) is 5. The topological polar surface area (TPSA) is 70.6 Å². The standard InChI is InChI=1S/C27H29F3N2O3/c28-27(29,30)25(32-17-21-12-6-2-7-13-21)24(33)18-31-23(16-20-10-4-1-5-11-20)26(34)35-19-22-14-8-3-9-15-22/h1-15,23-25,31-33H,16-19H2/t23-,24?,25?/m0/s1. The highest BCUT2D eigenvalue weighted by atomic mass is 19.4. The van der Waals surface area contributed by atoms with Crippen LogP contribution in [0.25, 0.3) is 0 Å². The molecule has 0 aliphatic carbocycles. The van der Waals surface area contributed by atoms with Crippen LogP contribution in [0.5, 0.6) is 0 Å². The number of benzene rings is 3. The van der Waals surface area contributed by atoms with E-state index in [1.165, 1.54) is 0 Å². The van der Waals surface area contributed by atoms with Gasteiger partial charge in [0.1, 0.15) is 18.7 Å². The lowest BCUT2D eigenvalue weighted by atomic mass is 10.0. The van der Waals surface area contributed by atoms with Crippen LogP contribution in [0.3, 0.4) is 0 Å². The Kier molecular flexibility index (Phi) is 9.84. The maximum absolute atomic E-state index is 13.7. The average molecular weight is 487 g/mol. The van der Waals surface area contributed by atoms with Gasteiger partial charge >= 0.3 is 12.1 Å². The van der Waals surface area contributed by atoms with Crippen molar-refractivity contribution in [2.24, 2.45) is 0 Å². The minimum atomic E-state index is -4.68. The lowest BCUT2D eigenvalue weighted by molar-refractivity contribution is -0.178. The van der Waals surface area contributed by atoms with Gasteiger partial charge in [-0.3, -0.25) is 10.1 Å². The van der Waals surface area contributed by atoms with Crippen molar-refractivity contribution in [3.8, 4) is 0 Å². The predicted molar refractivity (Wildman–Crippen MR) is 127 cm³/mol. The minimum Gasteiger partial charge on any atom is -0.460 e. The largest absolute Gasteiger partial charge is 0.460 e. The molecular formula is C27H29F3N2O3. The number of carbonyl (C=O) groups is 1.